The van der Waals surface area contributed by atoms with E-state index in [9.17, 15) is 0 Å². The van der Waals surface area contributed by atoms with Crippen LogP contribution in [0.3, 0.4) is 0 Å². The van der Waals surface area contributed by atoms with Gasteiger partial charge in [-0.05, 0) is 29.7 Å². The fourth-order valence-corrected chi connectivity index (χ4v) is 3.94. The topological polar surface area (TPSA) is 3.24 Å². The Kier molecular flexibility index (Phi) is 23.0. The number of para-hydroxylation sites is 2. The van der Waals surface area contributed by atoms with Crippen LogP contribution < -0.4 is 4.90 Å². The average Bonchev–Trinajstić information content (AvgIpc) is 3.07. The van der Waals surface area contributed by atoms with Crippen LogP contribution >= 0.6 is 0 Å². The summed E-state index contributed by atoms with van der Waals surface area (Å²) in [5, 5.41) is 0. The van der Waals surface area contributed by atoms with Gasteiger partial charge in [-0.2, -0.15) is 108 Å². The van der Waals surface area contributed by atoms with Crippen molar-refractivity contribution in [2.45, 2.75) is 54.4 Å². The minimum Gasteiger partial charge on any atom is -0.344 e. The molecule has 1 aliphatic rings. The van der Waals surface area contributed by atoms with Crippen LogP contribution in [-0.4, -0.2) is 7.05 Å². The third kappa shape index (κ3) is 14.0. The summed E-state index contributed by atoms with van der Waals surface area (Å²) in [6.45, 7) is 12.0. The van der Waals surface area contributed by atoms with Crippen LogP contribution in [0.15, 0.2) is 127 Å². The predicted octanol–water partition coefficient (Wildman–Crippen LogP) is 10.8. The van der Waals surface area contributed by atoms with E-state index in [0.29, 0.717) is 0 Å². The Bertz CT molecular complexity index is 1140. The summed E-state index contributed by atoms with van der Waals surface area (Å²) in [6, 6.07) is 52.2. The Morgan fingerprint density at radius 1 is 0.512 bits per heavy atom. The number of benzene rings is 5. The molecular weight excluding hydrogens is 571 g/mol. The normalized spacial score (nSPS) is 9.59. The molecular formula is C39H46NY. The SMILES string of the molecule is CC.CC.CC.CN1c2ccccc2Cc2ccccc21.[Y+3].[c-]1ccccc1.[c-]1ccccc1Cc1[c-]cccc1. The molecule has 6 rings (SSSR count). The number of hydrogen-bond donors (Lipinski definition) is 0. The van der Waals surface area contributed by atoms with Gasteiger partial charge in [-0.15, -0.1) is 0 Å². The molecule has 41 heavy (non-hydrogen) atoms. The van der Waals surface area contributed by atoms with Gasteiger partial charge in [0.25, 0.3) is 0 Å². The summed E-state index contributed by atoms with van der Waals surface area (Å²) in [7, 11) is 2.14. The van der Waals surface area contributed by atoms with Crippen molar-refractivity contribution in [1.82, 2.24) is 0 Å². The van der Waals surface area contributed by atoms with Crippen LogP contribution in [-0.2, 0) is 45.6 Å². The summed E-state index contributed by atoms with van der Waals surface area (Å²) >= 11 is 0. The van der Waals surface area contributed by atoms with Crippen molar-refractivity contribution in [2.75, 3.05) is 11.9 Å². The zero-order valence-electron chi connectivity index (χ0n) is 26.1. The van der Waals surface area contributed by atoms with Gasteiger partial charge in [0.1, 0.15) is 0 Å². The molecule has 0 aliphatic carbocycles. The van der Waals surface area contributed by atoms with Gasteiger partial charge in [0.15, 0.2) is 0 Å². The molecule has 0 amide bonds. The molecule has 0 unspecified atom stereocenters. The number of nitrogens with zero attached hydrogens (tertiary/aromatic N) is 1. The van der Waals surface area contributed by atoms with Crippen molar-refractivity contribution in [3.8, 4) is 0 Å². The third-order valence-electron chi connectivity index (χ3n) is 5.62. The first kappa shape index (κ1) is 38.0. The molecule has 0 saturated heterocycles. The van der Waals surface area contributed by atoms with Crippen molar-refractivity contribution in [3.05, 3.63) is 168 Å². The summed E-state index contributed by atoms with van der Waals surface area (Å²) in [5.41, 5.74) is 7.92. The van der Waals surface area contributed by atoms with Gasteiger partial charge in [0.2, 0.25) is 0 Å². The Morgan fingerprint density at radius 2 is 0.902 bits per heavy atom. The smallest absolute Gasteiger partial charge is 0.344 e. The Hall–Kier alpha value is -3.00. The maximum absolute atomic E-state index is 3.20. The monoisotopic (exact) mass is 617 g/mol. The fourth-order valence-electron chi connectivity index (χ4n) is 3.94. The summed E-state index contributed by atoms with van der Waals surface area (Å²) < 4.78 is 0. The first-order valence-corrected chi connectivity index (χ1v) is 14.5. The van der Waals surface area contributed by atoms with E-state index in [0.717, 1.165) is 12.8 Å². The molecule has 0 saturated carbocycles. The van der Waals surface area contributed by atoms with Crippen molar-refractivity contribution in [3.63, 3.8) is 0 Å². The van der Waals surface area contributed by atoms with E-state index in [-0.39, 0.29) is 32.7 Å². The molecule has 1 aliphatic heterocycles. The molecule has 0 atom stereocenters. The Balaban J connectivity index is 0.000000561. The summed E-state index contributed by atoms with van der Waals surface area (Å²) in [5.74, 6) is 0. The van der Waals surface area contributed by atoms with Crippen molar-refractivity contribution < 1.29 is 32.7 Å². The molecule has 0 radical (unpaired) electrons. The fraction of sp³-hybridized carbons (Fsp3) is 0.231. The van der Waals surface area contributed by atoms with Crippen molar-refractivity contribution >= 4 is 11.4 Å². The maximum Gasteiger partial charge on any atom is 3.00 e. The van der Waals surface area contributed by atoms with E-state index in [4.69, 9.17) is 0 Å². The van der Waals surface area contributed by atoms with E-state index in [1.807, 2.05) is 108 Å². The molecule has 0 aromatic heterocycles. The molecule has 1 nitrogen and oxygen atoms in total. The van der Waals surface area contributed by atoms with Gasteiger partial charge in [0.05, 0.1) is 0 Å². The first-order chi connectivity index (χ1) is 19.8. The van der Waals surface area contributed by atoms with Crippen LogP contribution in [0.1, 0.15) is 63.8 Å². The van der Waals surface area contributed by atoms with E-state index < -0.39 is 0 Å². The largest absolute Gasteiger partial charge is 3.00 e. The number of fused-ring (bicyclic) bond motifs is 2. The third-order valence-corrected chi connectivity index (χ3v) is 5.62. The van der Waals surface area contributed by atoms with E-state index in [1.54, 1.807) is 0 Å². The van der Waals surface area contributed by atoms with Gasteiger partial charge < -0.3 is 4.90 Å². The van der Waals surface area contributed by atoms with Crippen molar-refractivity contribution in [1.29, 1.82) is 0 Å². The van der Waals surface area contributed by atoms with Gasteiger partial charge in [-0.1, -0.05) is 77.9 Å². The van der Waals surface area contributed by atoms with Crippen LogP contribution in [0.25, 0.3) is 0 Å². The number of rotatable bonds is 2. The minimum atomic E-state index is 0. The second-order valence-corrected chi connectivity index (χ2v) is 8.02. The molecule has 5 aromatic rings. The molecule has 1 heterocycles. The maximum atomic E-state index is 3.20. The van der Waals surface area contributed by atoms with Crippen LogP contribution in [0, 0.1) is 18.2 Å². The van der Waals surface area contributed by atoms with E-state index in [1.165, 1.54) is 33.6 Å². The van der Waals surface area contributed by atoms with E-state index >= 15 is 0 Å². The van der Waals surface area contributed by atoms with Crippen LogP contribution in [0.4, 0.5) is 11.4 Å². The summed E-state index contributed by atoms with van der Waals surface area (Å²) in [6.07, 6.45) is 1.97. The average molecular weight is 618 g/mol. The molecule has 0 spiro atoms. The van der Waals surface area contributed by atoms with Crippen molar-refractivity contribution in [2.24, 2.45) is 0 Å². The zero-order chi connectivity index (χ0) is 29.4. The van der Waals surface area contributed by atoms with Crippen LogP contribution in [0.5, 0.6) is 0 Å². The summed E-state index contributed by atoms with van der Waals surface area (Å²) in [4.78, 5) is 2.27. The predicted molar refractivity (Wildman–Crippen MR) is 176 cm³/mol. The van der Waals surface area contributed by atoms with Gasteiger partial charge >= 0.3 is 32.7 Å². The molecule has 0 fully saturated rings. The Labute approximate surface area is 276 Å². The number of anilines is 2. The Morgan fingerprint density at radius 3 is 1.24 bits per heavy atom. The molecule has 5 aromatic carbocycles. The minimum absolute atomic E-state index is 0. The second kappa shape index (κ2) is 24.8. The van der Waals surface area contributed by atoms with Gasteiger partial charge in [0, 0.05) is 24.8 Å². The quantitative estimate of drug-likeness (QED) is 0.178. The standard InChI is InChI=1S/C14H13N.C13H10.C6H5.3C2H6.Y/c1-15-13-8-4-2-6-11(13)10-12-7-3-5-9-14(12)15;1-3-7-12(8-4-1)11-13-9-5-2-6-10-13;1-2-4-6-5-3-1;3*1-2;/h2-9H,10H2,1H3;1-7,9H,11H2;1-5H;3*1-2H3;/q;-2;-1;;;;+3. The van der Waals surface area contributed by atoms with Gasteiger partial charge in [-0.3, -0.25) is 0 Å². The van der Waals surface area contributed by atoms with Gasteiger partial charge in [-0.25, -0.2) is 0 Å². The molecule has 210 valence electrons. The number of hydrogen-bond acceptors (Lipinski definition) is 1. The first-order valence-electron chi connectivity index (χ1n) is 14.5. The molecule has 0 N–H and O–H groups in total. The molecule has 2 heteroatoms. The van der Waals surface area contributed by atoms with E-state index in [2.05, 4.69) is 90.8 Å². The zero-order valence-corrected chi connectivity index (χ0v) is 28.9. The van der Waals surface area contributed by atoms with Crippen LogP contribution in [0.2, 0.25) is 0 Å². The second-order valence-electron chi connectivity index (χ2n) is 8.02. The molecule has 0 bridgehead atoms.